The third-order valence-corrected chi connectivity index (χ3v) is 4.21. The van der Waals surface area contributed by atoms with Crippen molar-refractivity contribution in [3.63, 3.8) is 0 Å². The Kier molecular flexibility index (Phi) is 4.00. The van der Waals surface area contributed by atoms with Gasteiger partial charge >= 0.3 is 12.1 Å². The van der Waals surface area contributed by atoms with Gasteiger partial charge in [-0.25, -0.2) is 4.79 Å². The van der Waals surface area contributed by atoms with Crippen molar-refractivity contribution >= 4 is 29.1 Å². The average molecular weight is 320 g/mol. The van der Waals surface area contributed by atoms with Crippen LogP contribution in [-0.2, 0) is 6.18 Å². The Morgan fingerprint density at radius 2 is 2.05 bits per heavy atom. The summed E-state index contributed by atoms with van der Waals surface area (Å²) in [4.78, 5) is 11.3. The molecule has 20 heavy (non-hydrogen) atoms. The van der Waals surface area contributed by atoms with Crippen LogP contribution in [0.25, 0.3) is 0 Å². The van der Waals surface area contributed by atoms with Gasteiger partial charge in [0.1, 0.15) is 5.01 Å². The van der Waals surface area contributed by atoms with E-state index < -0.39 is 23.3 Å². The normalized spacial score (nSPS) is 11.6. The summed E-state index contributed by atoms with van der Waals surface area (Å²) >= 11 is 2.22. The number of rotatable bonds is 3. The van der Waals surface area contributed by atoms with Crippen molar-refractivity contribution in [3.8, 4) is 0 Å². The number of hydrogen-bond donors (Lipinski definition) is 1. The molecule has 4 nitrogen and oxygen atoms in total. The summed E-state index contributed by atoms with van der Waals surface area (Å²) in [5.74, 6) is -1.42. The van der Waals surface area contributed by atoms with Gasteiger partial charge in [0.25, 0.3) is 0 Å². The van der Waals surface area contributed by atoms with Crippen LogP contribution in [0.5, 0.6) is 0 Å². The SMILES string of the molecule is Cc1nnc(Sc2ccc(C(F)(F)F)cc2C(=O)O)s1. The number of aromatic nitrogens is 2. The van der Waals surface area contributed by atoms with E-state index in [0.29, 0.717) is 15.4 Å². The second-order valence-corrected chi connectivity index (χ2v) is 6.17. The number of aryl methyl sites for hydroxylation is 1. The Morgan fingerprint density at radius 1 is 1.35 bits per heavy atom. The molecule has 1 heterocycles. The third-order valence-electron chi connectivity index (χ3n) is 2.24. The molecule has 2 aromatic rings. The topological polar surface area (TPSA) is 63.1 Å². The summed E-state index contributed by atoms with van der Waals surface area (Å²) in [6.07, 6.45) is -4.58. The molecule has 1 aromatic heterocycles. The maximum Gasteiger partial charge on any atom is 0.416 e. The van der Waals surface area contributed by atoms with Crippen molar-refractivity contribution in [1.29, 1.82) is 0 Å². The fourth-order valence-corrected chi connectivity index (χ4v) is 3.25. The first-order valence-corrected chi connectivity index (χ1v) is 6.83. The lowest BCUT2D eigenvalue weighted by Gasteiger charge is -2.09. The van der Waals surface area contributed by atoms with E-state index in [9.17, 15) is 18.0 Å². The molecule has 0 spiro atoms. The van der Waals surface area contributed by atoms with Gasteiger partial charge in [-0.1, -0.05) is 23.1 Å². The van der Waals surface area contributed by atoms with Crippen LogP contribution in [0.4, 0.5) is 13.2 Å². The van der Waals surface area contributed by atoms with Crippen LogP contribution in [0.15, 0.2) is 27.4 Å². The lowest BCUT2D eigenvalue weighted by Crippen LogP contribution is -2.08. The summed E-state index contributed by atoms with van der Waals surface area (Å²) in [6, 6.07) is 2.61. The first-order chi connectivity index (χ1) is 9.27. The molecule has 0 amide bonds. The lowest BCUT2D eigenvalue weighted by molar-refractivity contribution is -0.137. The number of carboxylic acids is 1. The number of nitrogens with zero attached hydrogens (tertiary/aromatic N) is 2. The van der Waals surface area contributed by atoms with Gasteiger partial charge in [-0.2, -0.15) is 13.2 Å². The van der Waals surface area contributed by atoms with Gasteiger partial charge in [-0.15, -0.1) is 10.2 Å². The van der Waals surface area contributed by atoms with Gasteiger partial charge in [0.2, 0.25) is 0 Å². The Bertz CT molecular complexity index is 655. The van der Waals surface area contributed by atoms with Crippen molar-refractivity contribution in [3.05, 3.63) is 34.3 Å². The molecule has 2 rings (SSSR count). The summed E-state index contributed by atoms with van der Waals surface area (Å²) in [5, 5.41) is 17.3. The van der Waals surface area contributed by atoms with Gasteiger partial charge in [-0.3, -0.25) is 0 Å². The molecule has 0 aliphatic rings. The summed E-state index contributed by atoms with van der Waals surface area (Å²) in [7, 11) is 0. The lowest BCUT2D eigenvalue weighted by atomic mass is 10.1. The highest BCUT2D eigenvalue weighted by molar-refractivity contribution is 8.01. The molecule has 0 atom stereocenters. The molecule has 0 aliphatic heterocycles. The maximum absolute atomic E-state index is 12.6. The van der Waals surface area contributed by atoms with E-state index >= 15 is 0 Å². The Labute approximate surface area is 119 Å². The summed E-state index contributed by atoms with van der Waals surface area (Å²) in [5.41, 5.74) is -1.40. The van der Waals surface area contributed by atoms with Crippen molar-refractivity contribution in [2.45, 2.75) is 22.3 Å². The molecule has 1 N–H and O–H groups in total. The predicted molar refractivity (Wildman–Crippen MR) is 67.2 cm³/mol. The minimum atomic E-state index is -4.58. The van der Waals surface area contributed by atoms with Crippen LogP contribution in [-0.4, -0.2) is 21.3 Å². The average Bonchev–Trinajstić information content (AvgIpc) is 2.73. The first-order valence-electron chi connectivity index (χ1n) is 5.20. The van der Waals surface area contributed by atoms with Crippen LogP contribution in [0.3, 0.4) is 0 Å². The molecule has 0 fully saturated rings. The minimum absolute atomic E-state index is 0.196. The van der Waals surface area contributed by atoms with Crippen molar-refractivity contribution in [1.82, 2.24) is 10.2 Å². The number of carbonyl (C=O) groups is 1. The van der Waals surface area contributed by atoms with E-state index in [1.54, 1.807) is 6.92 Å². The van der Waals surface area contributed by atoms with E-state index in [0.717, 1.165) is 23.9 Å². The van der Waals surface area contributed by atoms with E-state index in [2.05, 4.69) is 10.2 Å². The molecule has 0 aliphatic carbocycles. The highest BCUT2D eigenvalue weighted by atomic mass is 32.2. The van der Waals surface area contributed by atoms with E-state index in [1.807, 2.05) is 0 Å². The highest BCUT2D eigenvalue weighted by Gasteiger charge is 2.32. The van der Waals surface area contributed by atoms with Crippen molar-refractivity contribution in [2.75, 3.05) is 0 Å². The molecule has 0 saturated heterocycles. The second kappa shape index (κ2) is 5.41. The predicted octanol–water partition coefficient (Wildman–Crippen LogP) is 3.71. The zero-order chi connectivity index (χ0) is 14.9. The quantitative estimate of drug-likeness (QED) is 0.934. The van der Waals surface area contributed by atoms with Crippen LogP contribution < -0.4 is 0 Å². The molecule has 106 valence electrons. The van der Waals surface area contributed by atoms with E-state index in [1.165, 1.54) is 11.3 Å². The zero-order valence-electron chi connectivity index (χ0n) is 9.93. The van der Waals surface area contributed by atoms with Crippen molar-refractivity contribution in [2.24, 2.45) is 0 Å². The molecule has 0 saturated carbocycles. The van der Waals surface area contributed by atoms with Gasteiger partial charge in [0.15, 0.2) is 4.34 Å². The number of benzene rings is 1. The van der Waals surface area contributed by atoms with Crippen molar-refractivity contribution < 1.29 is 23.1 Å². The molecule has 0 unspecified atom stereocenters. The summed E-state index contributed by atoms with van der Waals surface area (Å²) < 4.78 is 38.2. The molecule has 1 aromatic carbocycles. The molecule has 0 radical (unpaired) electrons. The molecular weight excluding hydrogens is 313 g/mol. The number of alkyl halides is 3. The van der Waals surface area contributed by atoms with Crippen LogP contribution >= 0.6 is 23.1 Å². The first kappa shape index (κ1) is 14.8. The smallest absolute Gasteiger partial charge is 0.416 e. The van der Waals surface area contributed by atoms with Crippen LogP contribution in [0.1, 0.15) is 20.9 Å². The maximum atomic E-state index is 12.6. The fraction of sp³-hybridized carbons (Fsp3) is 0.182. The largest absolute Gasteiger partial charge is 0.478 e. The van der Waals surface area contributed by atoms with Crippen LogP contribution in [0, 0.1) is 6.92 Å². The van der Waals surface area contributed by atoms with E-state index in [-0.39, 0.29) is 4.90 Å². The number of aromatic carboxylic acids is 1. The van der Waals surface area contributed by atoms with Gasteiger partial charge < -0.3 is 5.11 Å². The standard InChI is InChI=1S/C11H7F3N2O2S2/c1-5-15-16-10(19-5)20-8-3-2-6(11(12,13)14)4-7(8)9(17)18/h2-4H,1H3,(H,17,18). The Balaban J connectivity index is 2.40. The van der Waals surface area contributed by atoms with Gasteiger partial charge in [-0.05, 0) is 25.1 Å². The van der Waals surface area contributed by atoms with Gasteiger partial charge in [0, 0.05) is 4.90 Å². The van der Waals surface area contributed by atoms with E-state index in [4.69, 9.17) is 5.11 Å². The number of halogens is 3. The fourth-order valence-electron chi connectivity index (χ4n) is 1.38. The molecule has 9 heteroatoms. The number of hydrogen-bond acceptors (Lipinski definition) is 5. The Hall–Kier alpha value is -1.61. The van der Waals surface area contributed by atoms with Crippen LogP contribution in [0.2, 0.25) is 0 Å². The zero-order valence-corrected chi connectivity index (χ0v) is 11.6. The minimum Gasteiger partial charge on any atom is -0.478 e. The monoisotopic (exact) mass is 320 g/mol. The third kappa shape index (κ3) is 3.28. The summed E-state index contributed by atoms with van der Waals surface area (Å²) in [6.45, 7) is 1.73. The van der Waals surface area contributed by atoms with Gasteiger partial charge in [0.05, 0.1) is 11.1 Å². The second-order valence-electron chi connectivity index (χ2n) is 3.70. The molecule has 0 bridgehead atoms. The Morgan fingerprint density at radius 3 is 2.55 bits per heavy atom. The highest BCUT2D eigenvalue weighted by Crippen LogP contribution is 2.36. The number of carboxylic acid groups (broad SMARTS) is 1. The molecular formula is C11H7F3N2O2S2.